The van der Waals surface area contributed by atoms with Crippen LogP contribution in [0, 0.1) is 0 Å². The highest BCUT2D eigenvalue weighted by atomic mass is 32.1. The Hall–Kier alpha value is -3.83. The number of fused-ring (bicyclic) bond motifs is 1. The first-order valence-electron chi connectivity index (χ1n) is 13.9. The summed E-state index contributed by atoms with van der Waals surface area (Å²) in [6.07, 6.45) is 5.29. The van der Waals surface area contributed by atoms with Crippen LogP contribution in [0.2, 0.25) is 0 Å². The minimum Gasteiger partial charge on any atom is -0.357 e. The molecule has 1 fully saturated rings. The third-order valence-corrected chi connectivity index (χ3v) is 8.55. The molecule has 5 rings (SSSR count). The van der Waals surface area contributed by atoms with E-state index in [9.17, 15) is 9.59 Å². The molecule has 0 aliphatic carbocycles. The maximum atomic E-state index is 13.5. The van der Waals surface area contributed by atoms with E-state index in [1.54, 1.807) is 41.2 Å². The molecule has 0 unspecified atom stereocenters. The Morgan fingerprint density at radius 3 is 2.62 bits per heavy atom. The standard InChI is InChI=1S/C29H36N8O2S/c1-5-20(35(6-2)7-3)17-31-28(38)19-15-23(33-26(16-19)36-12-11-24(36)29(39)30-4)21-18-32-37-13-10-22(34-27(21)37)25-9-8-14-40-25/h8-10,13-16,18,20,24H,5-7,11-12,17H2,1-4H3,(H,30,39)(H,31,38)/t20-,24-/m0/s1. The van der Waals surface area contributed by atoms with E-state index in [1.807, 2.05) is 34.7 Å². The van der Waals surface area contributed by atoms with Crippen molar-refractivity contribution in [3.63, 3.8) is 0 Å². The van der Waals surface area contributed by atoms with Crippen LogP contribution >= 0.6 is 11.3 Å². The Kier molecular flexibility index (Phi) is 8.41. The van der Waals surface area contributed by atoms with Gasteiger partial charge in [0.1, 0.15) is 11.9 Å². The van der Waals surface area contributed by atoms with Crippen LogP contribution in [0.3, 0.4) is 0 Å². The molecule has 0 saturated carbocycles. The van der Waals surface area contributed by atoms with E-state index < -0.39 is 0 Å². The van der Waals surface area contributed by atoms with Crippen molar-refractivity contribution in [3.05, 3.63) is 53.7 Å². The monoisotopic (exact) mass is 560 g/mol. The van der Waals surface area contributed by atoms with E-state index in [-0.39, 0.29) is 23.9 Å². The van der Waals surface area contributed by atoms with Gasteiger partial charge in [-0.1, -0.05) is 26.8 Å². The number of anilines is 1. The van der Waals surface area contributed by atoms with Gasteiger partial charge in [0.05, 0.1) is 28.0 Å². The van der Waals surface area contributed by atoms with Crippen molar-refractivity contribution in [2.45, 2.75) is 45.7 Å². The fourth-order valence-electron chi connectivity index (χ4n) is 5.23. The first-order valence-corrected chi connectivity index (χ1v) is 14.8. The lowest BCUT2D eigenvalue weighted by Gasteiger charge is -2.40. The Bertz CT molecular complexity index is 1480. The van der Waals surface area contributed by atoms with Crippen LogP contribution in [0.1, 0.15) is 44.0 Å². The fraction of sp³-hybridized carbons (Fsp3) is 0.414. The minimum absolute atomic E-state index is 0.0623. The van der Waals surface area contributed by atoms with Crippen LogP contribution in [0.4, 0.5) is 5.82 Å². The first kappa shape index (κ1) is 27.7. The molecule has 1 aliphatic heterocycles. The SMILES string of the molecule is CC[C@@H](CNC(=O)c1cc(-c2cnn3ccc(-c4cccs4)nc23)nc(N2CC[C@H]2C(=O)NC)c1)N(CC)CC. The second kappa shape index (κ2) is 12.1. The number of hydrogen-bond donors (Lipinski definition) is 2. The molecule has 210 valence electrons. The number of amides is 2. The van der Waals surface area contributed by atoms with E-state index in [4.69, 9.17) is 9.97 Å². The highest BCUT2D eigenvalue weighted by Crippen LogP contribution is 2.31. The summed E-state index contributed by atoms with van der Waals surface area (Å²) in [6, 6.07) is 9.48. The van der Waals surface area contributed by atoms with Crippen LogP contribution < -0.4 is 15.5 Å². The number of rotatable bonds is 11. The van der Waals surface area contributed by atoms with Gasteiger partial charge in [-0.3, -0.25) is 14.5 Å². The fourth-order valence-corrected chi connectivity index (χ4v) is 5.92. The summed E-state index contributed by atoms with van der Waals surface area (Å²) in [5.74, 6) is 0.357. The lowest BCUT2D eigenvalue weighted by atomic mass is 10.0. The second-order valence-electron chi connectivity index (χ2n) is 9.82. The molecule has 2 atom stereocenters. The van der Waals surface area contributed by atoms with Crippen LogP contribution in [0.15, 0.2) is 48.1 Å². The molecule has 40 heavy (non-hydrogen) atoms. The van der Waals surface area contributed by atoms with E-state index in [2.05, 4.69) is 41.4 Å². The summed E-state index contributed by atoms with van der Waals surface area (Å²) in [5.41, 5.74) is 3.31. The predicted molar refractivity (Wildman–Crippen MR) is 159 cm³/mol. The molecule has 0 spiro atoms. The van der Waals surface area contributed by atoms with Crippen molar-refractivity contribution >= 4 is 34.6 Å². The van der Waals surface area contributed by atoms with Crippen molar-refractivity contribution in [2.75, 3.05) is 38.1 Å². The normalized spacial score (nSPS) is 15.7. The lowest BCUT2D eigenvalue weighted by Crippen LogP contribution is -2.56. The molecule has 2 N–H and O–H groups in total. The molecule has 4 aromatic heterocycles. The Morgan fingerprint density at radius 2 is 1.98 bits per heavy atom. The molecule has 5 heterocycles. The summed E-state index contributed by atoms with van der Waals surface area (Å²) in [6.45, 7) is 9.52. The van der Waals surface area contributed by atoms with E-state index in [1.165, 1.54) is 0 Å². The summed E-state index contributed by atoms with van der Waals surface area (Å²) < 4.78 is 1.72. The predicted octanol–water partition coefficient (Wildman–Crippen LogP) is 3.69. The third-order valence-electron chi connectivity index (χ3n) is 7.65. The van der Waals surface area contributed by atoms with Gasteiger partial charge in [-0.05, 0) is 55.6 Å². The molecule has 2 amide bonds. The highest BCUT2D eigenvalue weighted by Gasteiger charge is 2.35. The largest absolute Gasteiger partial charge is 0.357 e. The number of pyridine rings is 1. The zero-order valence-electron chi connectivity index (χ0n) is 23.4. The molecule has 0 radical (unpaired) electrons. The van der Waals surface area contributed by atoms with Crippen LogP contribution in [-0.4, -0.2) is 81.6 Å². The van der Waals surface area contributed by atoms with Crippen molar-refractivity contribution in [2.24, 2.45) is 0 Å². The van der Waals surface area contributed by atoms with E-state index >= 15 is 0 Å². The Labute approximate surface area is 238 Å². The number of thiophene rings is 1. The average Bonchev–Trinajstić information content (AvgIpc) is 3.64. The number of hydrogen-bond acceptors (Lipinski definition) is 8. The molecule has 1 aliphatic rings. The van der Waals surface area contributed by atoms with Crippen molar-refractivity contribution in [1.82, 2.24) is 35.1 Å². The summed E-state index contributed by atoms with van der Waals surface area (Å²) in [5, 5.41) is 12.4. The zero-order valence-corrected chi connectivity index (χ0v) is 24.2. The third kappa shape index (κ3) is 5.44. The molecular formula is C29H36N8O2S. The highest BCUT2D eigenvalue weighted by molar-refractivity contribution is 7.13. The van der Waals surface area contributed by atoms with Crippen LogP contribution in [-0.2, 0) is 4.79 Å². The number of likely N-dealkylation sites (N-methyl/N-ethyl adjacent to an activating group) is 2. The average molecular weight is 561 g/mol. The second-order valence-corrected chi connectivity index (χ2v) is 10.8. The lowest BCUT2D eigenvalue weighted by molar-refractivity contribution is -0.123. The number of nitrogens with one attached hydrogen (secondary N) is 2. The van der Waals surface area contributed by atoms with E-state index in [0.29, 0.717) is 35.8 Å². The van der Waals surface area contributed by atoms with Gasteiger partial charge in [0, 0.05) is 37.9 Å². The van der Waals surface area contributed by atoms with Gasteiger partial charge in [0.2, 0.25) is 5.91 Å². The van der Waals surface area contributed by atoms with E-state index in [0.717, 1.165) is 42.1 Å². The topological polar surface area (TPSA) is 108 Å². The van der Waals surface area contributed by atoms with Crippen molar-refractivity contribution < 1.29 is 9.59 Å². The number of carbonyl (C=O) groups is 2. The van der Waals surface area contributed by atoms with Gasteiger partial charge >= 0.3 is 0 Å². The molecule has 0 bridgehead atoms. The molecule has 4 aromatic rings. The van der Waals surface area contributed by atoms with Crippen molar-refractivity contribution in [3.8, 4) is 21.8 Å². The van der Waals surface area contributed by atoms with Gasteiger partial charge in [-0.25, -0.2) is 14.5 Å². The maximum absolute atomic E-state index is 13.5. The molecular weight excluding hydrogens is 524 g/mol. The summed E-state index contributed by atoms with van der Waals surface area (Å²) in [4.78, 5) is 41.2. The smallest absolute Gasteiger partial charge is 0.251 e. The molecule has 10 nitrogen and oxygen atoms in total. The summed E-state index contributed by atoms with van der Waals surface area (Å²) in [7, 11) is 1.64. The Morgan fingerprint density at radius 1 is 1.15 bits per heavy atom. The van der Waals surface area contributed by atoms with Crippen LogP contribution in [0.5, 0.6) is 0 Å². The van der Waals surface area contributed by atoms with Gasteiger partial charge in [0.25, 0.3) is 5.91 Å². The van der Waals surface area contributed by atoms with Crippen molar-refractivity contribution in [1.29, 1.82) is 0 Å². The zero-order chi connectivity index (χ0) is 28.2. The maximum Gasteiger partial charge on any atom is 0.251 e. The van der Waals surface area contributed by atoms with Gasteiger partial charge < -0.3 is 15.5 Å². The van der Waals surface area contributed by atoms with Gasteiger partial charge in [-0.15, -0.1) is 11.3 Å². The van der Waals surface area contributed by atoms with Gasteiger partial charge in [0.15, 0.2) is 5.65 Å². The molecule has 1 saturated heterocycles. The number of aromatic nitrogens is 4. The van der Waals surface area contributed by atoms with Gasteiger partial charge in [-0.2, -0.15) is 5.10 Å². The quantitative estimate of drug-likeness (QED) is 0.288. The first-order chi connectivity index (χ1) is 19.5. The Balaban J connectivity index is 1.52. The molecule has 0 aromatic carbocycles. The summed E-state index contributed by atoms with van der Waals surface area (Å²) >= 11 is 1.62. The molecule has 11 heteroatoms. The number of nitrogens with zero attached hydrogens (tertiary/aromatic N) is 6. The minimum atomic E-state index is -0.316. The number of carbonyl (C=O) groups excluding carboxylic acids is 2. The van der Waals surface area contributed by atoms with Crippen LogP contribution in [0.25, 0.3) is 27.5 Å².